The van der Waals surface area contributed by atoms with E-state index in [1.54, 1.807) is 0 Å². The predicted molar refractivity (Wildman–Crippen MR) is 523 cm³/mol. The van der Waals surface area contributed by atoms with Crippen molar-refractivity contribution in [2.24, 2.45) is 0 Å². The van der Waals surface area contributed by atoms with Crippen molar-refractivity contribution >= 4 is 162 Å². The van der Waals surface area contributed by atoms with Crippen molar-refractivity contribution in [3.63, 3.8) is 0 Å². The van der Waals surface area contributed by atoms with Gasteiger partial charge in [-0.15, -0.1) is 0 Å². The largest absolute Gasteiger partial charge is 4.00 e. The van der Waals surface area contributed by atoms with Crippen LogP contribution >= 0.6 is 48.9 Å². The van der Waals surface area contributed by atoms with Crippen LogP contribution in [0.1, 0.15) is 305 Å². The number of aryl methyl sites for hydroxylation is 8. The van der Waals surface area contributed by atoms with Crippen LogP contribution in [0, 0.1) is 0 Å². The summed E-state index contributed by atoms with van der Waals surface area (Å²) in [6.45, 7) is 18.0. The quantitative estimate of drug-likeness (QED) is 0.0156. The van der Waals surface area contributed by atoms with Gasteiger partial charge in [0, 0.05) is 45.5 Å². The Bertz CT molecular complexity index is 3190. The van der Waals surface area contributed by atoms with Crippen LogP contribution in [-0.4, -0.2) is 17.3 Å². The maximum absolute atomic E-state index is 5.55. The molecule has 0 saturated heterocycles. The maximum Gasteiger partial charge on any atom is 4.00 e. The third kappa shape index (κ3) is 36.7. The Morgan fingerprint density at radius 2 is 0.292 bits per heavy atom. The third-order valence-corrected chi connectivity index (χ3v) is 22.4. The molecule has 0 amide bonds. The van der Waals surface area contributed by atoms with Crippen LogP contribution in [-0.2, 0) is 123 Å². The zero-order valence-corrected chi connectivity index (χ0v) is 78.8. The third-order valence-electron chi connectivity index (χ3n) is 21.0. The molecular weight excluding hydrogens is 1610 g/mol. The number of hydrogen-bond acceptors (Lipinski definition) is 8. The Morgan fingerprint density at radius 1 is 0.186 bits per heavy atom. The Hall–Kier alpha value is -5.11. The van der Waals surface area contributed by atoms with Gasteiger partial charge in [0.15, 0.2) is 0 Å². The fourth-order valence-electron chi connectivity index (χ4n) is 14.8. The Labute approximate surface area is 746 Å². The topological polar surface area (TPSA) is 13.0 Å². The number of para-hydroxylation sites is 8. The van der Waals surface area contributed by atoms with Gasteiger partial charge in [0.05, 0.1) is 0 Å². The van der Waals surface area contributed by atoms with E-state index in [9.17, 15) is 0 Å². The van der Waals surface area contributed by atoms with Crippen LogP contribution in [0.3, 0.4) is 0 Å². The summed E-state index contributed by atoms with van der Waals surface area (Å²) in [5.74, 6) is 0. The number of benzene rings is 8. The summed E-state index contributed by atoms with van der Waals surface area (Å²) < 4.78 is 2.01. The standard InChI is InChI=1S/4C25H35NS2.Mo/c4*1-3-5-7-9-15-21-17-11-13-19-23(21)26(25(27)28)24-20-14-12-18-22(24)16-10-8-6-4-2;/h4*11-14,17-20H,3-10,15-16H2,1-2H3,(H,27,28);/q;;;;+4/p-4. The van der Waals surface area contributed by atoms with Gasteiger partial charge in [-0.2, -0.15) is 0 Å². The van der Waals surface area contributed by atoms with Crippen molar-refractivity contribution in [3.8, 4) is 0 Å². The molecule has 0 aliphatic heterocycles. The minimum atomic E-state index is 0. The number of anilines is 8. The Morgan fingerprint density at radius 3 is 0.389 bits per heavy atom. The molecule has 13 heteroatoms. The molecule has 0 saturated carbocycles. The molecule has 0 heterocycles. The van der Waals surface area contributed by atoms with Gasteiger partial charge in [0.1, 0.15) is 0 Å². The molecule has 8 aromatic carbocycles. The van der Waals surface area contributed by atoms with Gasteiger partial charge in [-0.25, -0.2) is 0 Å². The molecule has 113 heavy (non-hydrogen) atoms. The first-order valence-electron chi connectivity index (χ1n) is 43.4. The molecular formula is C100H136MoN4S8. The van der Waals surface area contributed by atoms with Gasteiger partial charge < -0.3 is 119 Å². The van der Waals surface area contributed by atoms with Crippen molar-refractivity contribution < 1.29 is 21.1 Å². The Kier molecular flexibility index (Phi) is 55.1. The first-order chi connectivity index (χ1) is 54.7. The monoisotopic (exact) mass is 1750 g/mol. The van der Waals surface area contributed by atoms with Gasteiger partial charge in [-0.3, -0.25) is 0 Å². The van der Waals surface area contributed by atoms with Gasteiger partial charge in [0.2, 0.25) is 0 Å². The van der Waals surface area contributed by atoms with E-state index in [0.29, 0.717) is 17.3 Å². The van der Waals surface area contributed by atoms with E-state index in [1.807, 2.05) is 0 Å². The van der Waals surface area contributed by atoms with Crippen LogP contribution in [0.2, 0.25) is 0 Å². The van der Waals surface area contributed by atoms with Crippen molar-refractivity contribution in [1.29, 1.82) is 0 Å². The Balaban J connectivity index is 0.000000317. The molecule has 0 spiro atoms. The first kappa shape index (κ1) is 100. The minimum Gasteiger partial charge on any atom is -0.411 e. The molecule has 0 unspecified atom stereocenters. The number of thiocarbonyl (C=S) groups is 4. The summed E-state index contributed by atoms with van der Waals surface area (Å²) in [6, 6.07) is 68.9. The molecule has 8 aromatic rings. The van der Waals surface area contributed by atoms with Gasteiger partial charge in [0.25, 0.3) is 0 Å². The van der Waals surface area contributed by atoms with Crippen LogP contribution in [0.5, 0.6) is 0 Å². The van der Waals surface area contributed by atoms with E-state index in [1.165, 1.54) is 250 Å². The summed E-state index contributed by atoms with van der Waals surface area (Å²) in [4.78, 5) is 8.48. The van der Waals surface area contributed by atoms with E-state index in [0.717, 1.165) is 96.9 Å². The molecule has 4 nitrogen and oxygen atoms in total. The number of unbranched alkanes of at least 4 members (excludes halogenated alkanes) is 24. The van der Waals surface area contributed by atoms with Crippen LogP contribution in [0.4, 0.5) is 45.5 Å². The van der Waals surface area contributed by atoms with Crippen LogP contribution in [0.25, 0.3) is 0 Å². The first-order valence-corrected chi connectivity index (χ1v) is 46.7. The minimum absolute atomic E-state index is 0. The fraction of sp³-hybridized carbons (Fsp3) is 0.480. The molecule has 0 bridgehead atoms. The molecule has 0 aromatic heterocycles. The van der Waals surface area contributed by atoms with E-state index in [4.69, 9.17) is 99.4 Å². The van der Waals surface area contributed by atoms with Crippen molar-refractivity contribution in [3.05, 3.63) is 239 Å². The average Bonchev–Trinajstić information content (AvgIpc) is 0.822. The molecule has 0 aliphatic rings. The molecule has 0 aliphatic carbocycles. The van der Waals surface area contributed by atoms with Crippen molar-refractivity contribution in [2.45, 2.75) is 312 Å². The number of rotatable bonds is 48. The molecule has 0 atom stereocenters. The molecule has 610 valence electrons. The fourth-order valence-corrected chi connectivity index (χ4v) is 16.3. The SMILES string of the molecule is CCCCCCc1ccccc1N(C(=S)[S-])c1ccccc1CCCCCC.CCCCCCc1ccccc1N(C(=S)[S-])c1ccccc1CCCCCC.CCCCCCc1ccccc1N(C(=S)[S-])c1ccccc1CCCCCC.CCCCCCc1ccccc1N(C(=S)[S-])c1ccccc1CCCCCC.[Mo+4]. The van der Waals surface area contributed by atoms with Crippen molar-refractivity contribution in [2.75, 3.05) is 19.6 Å². The normalized spacial score (nSPS) is 10.7. The number of hydrogen-bond donors (Lipinski definition) is 0. The van der Waals surface area contributed by atoms with Gasteiger partial charge in [-0.1, -0.05) is 372 Å². The van der Waals surface area contributed by atoms with E-state index < -0.39 is 0 Å². The molecule has 0 radical (unpaired) electrons. The second-order valence-electron chi connectivity index (χ2n) is 29.9. The zero-order valence-electron chi connectivity index (χ0n) is 70.2. The zero-order chi connectivity index (χ0) is 80.8. The maximum atomic E-state index is 5.55. The van der Waals surface area contributed by atoms with E-state index in [2.05, 4.69) is 269 Å². The van der Waals surface area contributed by atoms with E-state index >= 15 is 0 Å². The van der Waals surface area contributed by atoms with Gasteiger partial charge in [-0.05, 0) is 196 Å². The molecule has 0 N–H and O–H groups in total. The molecule has 0 fully saturated rings. The van der Waals surface area contributed by atoms with Crippen LogP contribution in [0.15, 0.2) is 194 Å². The summed E-state index contributed by atoms with van der Waals surface area (Å²) >= 11 is 44.4. The van der Waals surface area contributed by atoms with Crippen molar-refractivity contribution in [1.82, 2.24) is 0 Å². The van der Waals surface area contributed by atoms with Gasteiger partial charge >= 0.3 is 21.1 Å². The summed E-state index contributed by atoms with van der Waals surface area (Å²) in [5, 5.41) is 0. The van der Waals surface area contributed by atoms with E-state index in [-0.39, 0.29) is 21.1 Å². The second-order valence-corrected chi connectivity index (χ2v) is 34.0. The molecule has 8 rings (SSSR count). The smallest absolute Gasteiger partial charge is 0.411 e. The summed E-state index contributed by atoms with van der Waals surface area (Å²) in [7, 11) is 0. The van der Waals surface area contributed by atoms with Crippen LogP contribution < -0.4 is 19.6 Å². The number of nitrogens with zero attached hydrogens (tertiary/aromatic N) is 4. The second kappa shape index (κ2) is 62.1. The summed E-state index contributed by atoms with van der Waals surface area (Å²) in [5.41, 5.74) is 19.9. The average molecular weight is 1750 g/mol. The predicted octanol–water partition coefficient (Wildman–Crippen LogP) is 31.6. The summed E-state index contributed by atoms with van der Waals surface area (Å²) in [6.07, 6.45) is 48.9.